The van der Waals surface area contributed by atoms with E-state index < -0.39 is 11.9 Å². The van der Waals surface area contributed by atoms with E-state index in [1.807, 2.05) is 16.8 Å². The number of benzene rings is 1. The second-order valence-electron chi connectivity index (χ2n) is 5.19. The van der Waals surface area contributed by atoms with E-state index >= 15 is 0 Å². The minimum absolute atomic E-state index is 0.00895. The molecule has 0 unspecified atom stereocenters. The van der Waals surface area contributed by atoms with Crippen molar-refractivity contribution in [3.63, 3.8) is 0 Å². The Morgan fingerprint density at radius 1 is 1.04 bits per heavy atom. The number of halogens is 3. The third-order valence-corrected chi connectivity index (χ3v) is 4.33. The van der Waals surface area contributed by atoms with Gasteiger partial charge in [0.15, 0.2) is 5.69 Å². The van der Waals surface area contributed by atoms with Gasteiger partial charge >= 0.3 is 6.18 Å². The average molecular weight is 345 g/mol. The summed E-state index contributed by atoms with van der Waals surface area (Å²) in [6.45, 7) is 0. The molecule has 0 saturated carbocycles. The van der Waals surface area contributed by atoms with Gasteiger partial charge in [-0.05, 0) is 29.6 Å². The Morgan fingerprint density at radius 2 is 1.83 bits per heavy atom. The first-order chi connectivity index (χ1) is 11.5. The van der Waals surface area contributed by atoms with Crippen LogP contribution in [0.5, 0.6) is 0 Å². The topological polar surface area (TPSA) is 30.7 Å². The van der Waals surface area contributed by atoms with E-state index in [9.17, 15) is 13.2 Å². The van der Waals surface area contributed by atoms with Crippen LogP contribution in [0, 0.1) is 0 Å². The van der Waals surface area contributed by atoms with Gasteiger partial charge < -0.3 is 0 Å². The van der Waals surface area contributed by atoms with Crippen molar-refractivity contribution >= 4 is 22.2 Å². The Bertz CT molecular complexity index is 989. The number of fused-ring (bicyclic) bond motifs is 1. The van der Waals surface area contributed by atoms with Gasteiger partial charge in [-0.15, -0.1) is 0 Å². The number of nitrogens with zero attached hydrogens (tertiary/aromatic N) is 3. The monoisotopic (exact) mass is 345 g/mol. The van der Waals surface area contributed by atoms with Crippen molar-refractivity contribution in [3.05, 3.63) is 65.1 Å². The van der Waals surface area contributed by atoms with E-state index in [0.717, 1.165) is 5.56 Å². The molecule has 0 aliphatic rings. The first-order valence-electron chi connectivity index (χ1n) is 7.08. The molecule has 3 nitrogen and oxygen atoms in total. The maximum atomic E-state index is 13.3. The zero-order valence-corrected chi connectivity index (χ0v) is 13.0. The summed E-state index contributed by atoms with van der Waals surface area (Å²) in [5.74, 6) is 0. The number of para-hydroxylation sites is 1. The molecular weight excluding hydrogens is 335 g/mol. The number of hydrogen-bond donors (Lipinski definition) is 0. The molecule has 1 aromatic carbocycles. The third-order valence-electron chi connectivity index (χ3n) is 3.65. The first-order valence-corrected chi connectivity index (χ1v) is 8.02. The zero-order chi connectivity index (χ0) is 16.7. The second kappa shape index (κ2) is 5.45. The minimum atomic E-state index is -4.54. The molecule has 0 saturated heterocycles. The molecule has 3 aromatic heterocycles. The predicted molar refractivity (Wildman–Crippen MR) is 87.2 cm³/mol. The van der Waals surface area contributed by atoms with Crippen LogP contribution in [-0.2, 0) is 6.18 Å². The molecule has 4 rings (SSSR count). The molecule has 0 amide bonds. The van der Waals surface area contributed by atoms with Gasteiger partial charge in [-0.3, -0.25) is 4.98 Å². The van der Waals surface area contributed by atoms with Gasteiger partial charge in [-0.1, -0.05) is 18.2 Å². The predicted octanol–water partition coefficient (Wildman–Crippen LogP) is 5.17. The maximum Gasteiger partial charge on any atom is 0.435 e. The molecule has 24 heavy (non-hydrogen) atoms. The van der Waals surface area contributed by atoms with Crippen LogP contribution < -0.4 is 0 Å². The summed E-state index contributed by atoms with van der Waals surface area (Å²) >= 11 is 1.51. The fourth-order valence-electron chi connectivity index (χ4n) is 2.55. The molecule has 4 aromatic rings. The normalized spacial score (nSPS) is 12.0. The van der Waals surface area contributed by atoms with Crippen LogP contribution in [0.1, 0.15) is 5.69 Å². The van der Waals surface area contributed by atoms with Gasteiger partial charge in [-0.2, -0.15) is 29.6 Å². The van der Waals surface area contributed by atoms with Crippen molar-refractivity contribution in [2.24, 2.45) is 0 Å². The van der Waals surface area contributed by atoms with Gasteiger partial charge in [0.2, 0.25) is 0 Å². The number of rotatable bonds is 2. The molecule has 0 aliphatic heterocycles. The van der Waals surface area contributed by atoms with Gasteiger partial charge in [0.1, 0.15) is 0 Å². The molecule has 120 valence electrons. The van der Waals surface area contributed by atoms with E-state index in [1.54, 1.807) is 36.4 Å². The summed E-state index contributed by atoms with van der Waals surface area (Å²) in [5.41, 5.74) is 1.52. The summed E-state index contributed by atoms with van der Waals surface area (Å²) in [6.07, 6.45) is -3.29. The summed E-state index contributed by atoms with van der Waals surface area (Å²) in [7, 11) is 0. The van der Waals surface area contributed by atoms with E-state index in [4.69, 9.17) is 0 Å². The molecular formula is C17H10F3N3S. The molecule has 0 bridgehead atoms. The molecule has 7 heteroatoms. The lowest BCUT2D eigenvalue weighted by atomic mass is 10.1. The molecule has 0 fully saturated rings. The maximum absolute atomic E-state index is 13.3. The number of alkyl halides is 3. The summed E-state index contributed by atoms with van der Waals surface area (Å²) < 4.78 is 41.3. The summed E-state index contributed by atoms with van der Waals surface area (Å²) in [4.78, 5) is 4.18. The highest BCUT2D eigenvalue weighted by atomic mass is 32.1. The third kappa shape index (κ3) is 2.46. The molecule has 0 radical (unpaired) electrons. The lowest BCUT2D eigenvalue weighted by Gasteiger charge is -2.04. The van der Waals surface area contributed by atoms with Crippen LogP contribution in [0.2, 0.25) is 0 Å². The SMILES string of the molecule is FC(F)(F)c1nn(-c2ccccc2)c2cc(-c3ccsc3)ncc12. The Hall–Kier alpha value is -2.67. The van der Waals surface area contributed by atoms with Gasteiger partial charge in [0.25, 0.3) is 0 Å². The van der Waals surface area contributed by atoms with E-state index in [2.05, 4.69) is 10.1 Å². The van der Waals surface area contributed by atoms with Crippen molar-refractivity contribution in [3.8, 4) is 16.9 Å². The van der Waals surface area contributed by atoms with Gasteiger partial charge in [-0.25, -0.2) is 4.68 Å². The minimum Gasteiger partial charge on any atom is -0.255 e. The summed E-state index contributed by atoms with van der Waals surface area (Å²) in [5, 5.41) is 7.60. The Morgan fingerprint density at radius 3 is 2.50 bits per heavy atom. The molecule has 0 N–H and O–H groups in total. The highest BCUT2D eigenvalue weighted by Crippen LogP contribution is 2.36. The number of hydrogen-bond acceptors (Lipinski definition) is 3. The number of pyridine rings is 1. The van der Waals surface area contributed by atoms with Gasteiger partial charge in [0.05, 0.1) is 22.3 Å². The highest BCUT2D eigenvalue weighted by molar-refractivity contribution is 7.08. The fraction of sp³-hybridized carbons (Fsp3) is 0.0588. The molecule has 0 atom stereocenters. The van der Waals surface area contributed by atoms with E-state index in [0.29, 0.717) is 16.9 Å². The summed E-state index contributed by atoms with van der Waals surface area (Å²) in [6, 6.07) is 12.3. The Labute approximate surface area is 139 Å². The zero-order valence-electron chi connectivity index (χ0n) is 12.2. The quantitative estimate of drug-likeness (QED) is 0.502. The molecule has 0 spiro atoms. The van der Waals surface area contributed by atoms with Crippen LogP contribution in [0.3, 0.4) is 0 Å². The van der Waals surface area contributed by atoms with Crippen LogP contribution in [-0.4, -0.2) is 14.8 Å². The van der Waals surface area contributed by atoms with Crippen molar-refractivity contribution in [2.45, 2.75) is 6.18 Å². The van der Waals surface area contributed by atoms with Crippen LogP contribution in [0.15, 0.2) is 59.4 Å². The second-order valence-corrected chi connectivity index (χ2v) is 5.97. The number of aromatic nitrogens is 3. The lowest BCUT2D eigenvalue weighted by molar-refractivity contribution is -0.140. The Kier molecular flexibility index (Phi) is 3.38. The lowest BCUT2D eigenvalue weighted by Crippen LogP contribution is -2.07. The number of thiophene rings is 1. The first kappa shape index (κ1) is 14.9. The Balaban J connectivity index is 2.01. The van der Waals surface area contributed by atoms with Crippen molar-refractivity contribution < 1.29 is 13.2 Å². The highest BCUT2D eigenvalue weighted by Gasteiger charge is 2.37. The van der Waals surface area contributed by atoms with Crippen molar-refractivity contribution in [1.82, 2.24) is 14.8 Å². The average Bonchev–Trinajstić information content (AvgIpc) is 3.22. The van der Waals surface area contributed by atoms with E-state index in [-0.39, 0.29) is 5.39 Å². The van der Waals surface area contributed by atoms with Crippen LogP contribution in [0.4, 0.5) is 13.2 Å². The van der Waals surface area contributed by atoms with Crippen LogP contribution >= 0.6 is 11.3 Å². The smallest absolute Gasteiger partial charge is 0.255 e. The van der Waals surface area contributed by atoms with Gasteiger partial charge in [0, 0.05) is 17.1 Å². The standard InChI is InChI=1S/C17H10F3N3S/c18-17(19,20)16-13-9-21-14(11-6-7-24-10-11)8-15(13)23(22-16)12-4-2-1-3-5-12/h1-10H. The molecule has 3 heterocycles. The largest absolute Gasteiger partial charge is 0.435 e. The fourth-order valence-corrected chi connectivity index (χ4v) is 3.20. The van der Waals surface area contributed by atoms with E-state index in [1.165, 1.54) is 22.2 Å². The van der Waals surface area contributed by atoms with Crippen molar-refractivity contribution in [2.75, 3.05) is 0 Å². The molecule has 0 aliphatic carbocycles. The van der Waals surface area contributed by atoms with Crippen LogP contribution in [0.25, 0.3) is 27.8 Å². The van der Waals surface area contributed by atoms with Crippen molar-refractivity contribution in [1.29, 1.82) is 0 Å².